The fraction of sp³-hybridized carbons (Fsp3) is 0.211. The van der Waals surface area contributed by atoms with Gasteiger partial charge in [0.15, 0.2) is 5.78 Å². The molecule has 4 heteroatoms. The van der Waals surface area contributed by atoms with Crippen LogP contribution < -0.4 is 5.73 Å². The number of anilines is 1. The Bertz CT molecular complexity index is 967. The molecule has 1 aliphatic rings. The van der Waals surface area contributed by atoms with E-state index in [-0.39, 0.29) is 17.8 Å². The molecule has 0 saturated heterocycles. The molecule has 0 aliphatic heterocycles. The predicted octanol–water partition coefficient (Wildman–Crippen LogP) is 3.11. The van der Waals surface area contributed by atoms with Gasteiger partial charge in [-0.15, -0.1) is 0 Å². The molecule has 23 heavy (non-hydrogen) atoms. The number of H-pyrrole nitrogens is 1. The summed E-state index contributed by atoms with van der Waals surface area (Å²) in [6.07, 6.45) is 0. The van der Waals surface area contributed by atoms with Gasteiger partial charge in [-0.25, -0.2) is 0 Å². The number of nitrogen functional groups attached to an aromatic ring is 1. The molecule has 0 unspecified atom stereocenters. The number of hydrogen-bond acceptors (Lipinski definition) is 3. The Kier molecular flexibility index (Phi) is 2.72. The monoisotopic (exact) mass is 306 g/mol. The smallest absolute Gasteiger partial charge is 0.195 e. The van der Waals surface area contributed by atoms with Crippen molar-refractivity contribution in [1.82, 2.24) is 4.98 Å². The molecular formula is C19H18N2O2. The number of aromatic nitrogens is 1. The third-order valence-electron chi connectivity index (χ3n) is 4.86. The number of aliphatic hydroxyl groups excluding tert-OH is 1. The minimum absolute atomic E-state index is 0.0230. The predicted molar refractivity (Wildman–Crippen MR) is 90.6 cm³/mol. The van der Waals surface area contributed by atoms with E-state index in [0.29, 0.717) is 11.3 Å². The van der Waals surface area contributed by atoms with E-state index in [4.69, 9.17) is 5.73 Å². The van der Waals surface area contributed by atoms with Crippen LogP contribution in [0.25, 0.3) is 10.9 Å². The second kappa shape index (κ2) is 4.46. The molecular weight excluding hydrogens is 288 g/mol. The average Bonchev–Trinajstić information content (AvgIpc) is 2.92. The third-order valence-corrected chi connectivity index (χ3v) is 4.86. The van der Waals surface area contributed by atoms with Crippen molar-refractivity contribution < 1.29 is 9.90 Å². The van der Waals surface area contributed by atoms with Crippen molar-refractivity contribution in [2.45, 2.75) is 25.9 Å². The van der Waals surface area contributed by atoms with Crippen molar-refractivity contribution in [2.24, 2.45) is 0 Å². The van der Waals surface area contributed by atoms with Crippen LogP contribution in [0.3, 0.4) is 0 Å². The summed E-state index contributed by atoms with van der Waals surface area (Å²) in [4.78, 5) is 16.4. The summed E-state index contributed by atoms with van der Waals surface area (Å²) in [6, 6.07) is 11.1. The molecule has 3 aromatic rings. The first-order valence-electron chi connectivity index (χ1n) is 7.64. The summed E-state index contributed by atoms with van der Waals surface area (Å²) < 4.78 is 0. The Morgan fingerprint density at radius 3 is 2.70 bits per heavy atom. The van der Waals surface area contributed by atoms with E-state index in [2.05, 4.69) is 18.8 Å². The molecule has 4 N–H and O–H groups in total. The van der Waals surface area contributed by atoms with Gasteiger partial charge in [-0.2, -0.15) is 0 Å². The van der Waals surface area contributed by atoms with E-state index in [1.165, 1.54) is 0 Å². The van der Waals surface area contributed by atoms with Crippen molar-refractivity contribution in [1.29, 1.82) is 0 Å². The van der Waals surface area contributed by atoms with Gasteiger partial charge in [0, 0.05) is 33.3 Å². The summed E-state index contributed by atoms with van der Waals surface area (Å²) in [5.74, 6) is 0.0230. The number of carbonyl (C=O) groups excluding carboxylic acids is 1. The van der Waals surface area contributed by atoms with Gasteiger partial charge in [0.2, 0.25) is 0 Å². The second-order valence-electron chi connectivity index (χ2n) is 6.67. The number of nitrogens with two attached hydrogens (primary N) is 1. The Morgan fingerprint density at radius 2 is 1.96 bits per heavy atom. The molecule has 0 fully saturated rings. The number of hydrogen-bond donors (Lipinski definition) is 3. The summed E-state index contributed by atoms with van der Waals surface area (Å²) in [5.41, 5.74) is 11.2. The molecule has 0 bridgehead atoms. The molecule has 0 radical (unpaired) electrons. The zero-order valence-corrected chi connectivity index (χ0v) is 13.1. The number of benzene rings is 2. The molecule has 0 atom stereocenters. The Hall–Kier alpha value is -2.59. The average molecular weight is 306 g/mol. The molecule has 0 amide bonds. The summed E-state index contributed by atoms with van der Waals surface area (Å²) in [5, 5.41) is 10.3. The Morgan fingerprint density at radius 1 is 1.17 bits per heavy atom. The molecule has 4 rings (SSSR count). The lowest BCUT2D eigenvalue weighted by Crippen LogP contribution is -2.30. The van der Waals surface area contributed by atoms with Gasteiger partial charge in [0.05, 0.1) is 12.2 Å². The molecule has 1 aliphatic carbocycles. The number of ketones is 1. The van der Waals surface area contributed by atoms with Gasteiger partial charge in [0.25, 0.3) is 0 Å². The zero-order chi connectivity index (χ0) is 16.4. The zero-order valence-electron chi connectivity index (χ0n) is 13.1. The maximum Gasteiger partial charge on any atom is 0.195 e. The van der Waals surface area contributed by atoms with Crippen molar-refractivity contribution >= 4 is 22.4 Å². The number of aliphatic hydroxyl groups is 1. The normalized spacial score (nSPS) is 15.5. The van der Waals surface area contributed by atoms with Gasteiger partial charge in [0.1, 0.15) is 0 Å². The fourth-order valence-electron chi connectivity index (χ4n) is 3.59. The van der Waals surface area contributed by atoms with Crippen molar-refractivity contribution in [3.8, 4) is 0 Å². The molecule has 0 saturated carbocycles. The Labute approximate surface area is 133 Å². The van der Waals surface area contributed by atoms with Crippen LogP contribution in [0, 0.1) is 0 Å². The van der Waals surface area contributed by atoms with E-state index >= 15 is 0 Å². The lowest BCUT2D eigenvalue weighted by atomic mass is 9.71. The molecule has 116 valence electrons. The maximum absolute atomic E-state index is 13.0. The first kappa shape index (κ1) is 14.0. The standard InChI is InChI=1S/C19H18N2O2/c1-19(2)14-7-10(9-22)3-5-12(14)17(23)16-13-6-4-11(20)8-15(13)21-18(16)19/h3-8,21-22H,9,20H2,1-2H3. The SMILES string of the molecule is CC1(C)c2cc(CO)ccc2C(=O)c2c1[nH]c1cc(N)ccc21. The highest BCUT2D eigenvalue weighted by molar-refractivity contribution is 6.20. The van der Waals surface area contributed by atoms with E-state index in [9.17, 15) is 9.90 Å². The van der Waals surface area contributed by atoms with Gasteiger partial charge >= 0.3 is 0 Å². The highest BCUT2D eigenvalue weighted by Gasteiger charge is 2.39. The van der Waals surface area contributed by atoms with Gasteiger partial charge in [-0.05, 0) is 23.3 Å². The van der Waals surface area contributed by atoms with Gasteiger partial charge in [-0.1, -0.05) is 38.1 Å². The topological polar surface area (TPSA) is 79.1 Å². The minimum atomic E-state index is -0.350. The van der Waals surface area contributed by atoms with Crippen LogP contribution in [0.1, 0.15) is 46.6 Å². The number of rotatable bonds is 1. The third kappa shape index (κ3) is 1.79. The lowest BCUT2D eigenvalue weighted by Gasteiger charge is -2.32. The van der Waals surface area contributed by atoms with E-state index < -0.39 is 0 Å². The van der Waals surface area contributed by atoms with Crippen molar-refractivity contribution in [2.75, 3.05) is 5.73 Å². The van der Waals surface area contributed by atoms with Crippen LogP contribution in [0.15, 0.2) is 36.4 Å². The number of nitrogens with one attached hydrogen (secondary N) is 1. The first-order valence-corrected chi connectivity index (χ1v) is 7.64. The highest BCUT2D eigenvalue weighted by Crippen LogP contribution is 2.44. The second-order valence-corrected chi connectivity index (χ2v) is 6.67. The van der Waals surface area contributed by atoms with Crippen LogP contribution in [-0.4, -0.2) is 15.9 Å². The van der Waals surface area contributed by atoms with E-state index in [1.807, 2.05) is 36.4 Å². The quantitative estimate of drug-likeness (QED) is 0.604. The van der Waals surface area contributed by atoms with Crippen molar-refractivity contribution in [3.63, 3.8) is 0 Å². The maximum atomic E-state index is 13.0. The van der Waals surface area contributed by atoms with E-state index in [0.717, 1.165) is 33.3 Å². The van der Waals surface area contributed by atoms with Crippen LogP contribution >= 0.6 is 0 Å². The van der Waals surface area contributed by atoms with Crippen LogP contribution in [0.2, 0.25) is 0 Å². The lowest BCUT2D eigenvalue weighted by molar-refractivity contribution is 0.103. The number of fused-ring (bicyclic) bond motifs is 4. The van der Waals surface area contributed by atoms with Crippen LogP contribution in [0.5, 0.6) is 0 Å². The summed E-state index contributed by atoms with van der Waals surface area (Å²) in [6.45, 7) is 4.15. The van der Waals surface area contributed by atoms with Gasteiger partial charge < -0.3 is 15.8 Å². The summed E-state index contributed by atoms with van der Waals surface area (Å²) >= 11 is 0. The molecule has 4 nitrogen and oxygen atoms in total. The summed E-state index contributed by atoms with van der Waals surface area (Å²) in [7, 11) is 0. The minimum Gasteiger partial charge on any atom is -0.399 e. The first-order chi connectivity index (χ1) is 10.9. The van der Waals surface area contributed by atoms with Gasteiger partial charge in [-0.3, -0.25) is 4.79 Å². The van der Waals surface area contributed by atoms with Crippen molar-refractivity contribution in [3.05, 3.63) is 64.3 Å². The number of carbonyl (C=O) groups is 1. The molecule has 1 heterocycles. The highest BCUT2D eigenvalue weighted by atomic mass is 16.3. The van der Waals surface area contributed by atoms with Crippen LogP contribution in [-0.2, 0) is 12.0 Å². The van der Waals surface area contributed by atoms with E-state index in [1.54, 1.807) is 0 Å². The molecule has 0 spiro atoms. The Balaban J connectivity index is 2.07. The van der Waals surface area contributed by atoms with Crippen LogP contribution in [0.4, 0.5) is 5.69 Å². The largest absolute Gasteiger partial charge is 0.399 e. The molecule has 1 aromatic heterocycles. The number of aromatic amines is 1. The fourth-order valence-corrected chi connectivity index (χ4v) is 3.59. The molecule has 2 aromatic carbocycles.